The maximum atomic E-state index is 13.5. The van der Waals surface area contributed by atoms with Gasteiger partial charge in [0.05, 0.1) is 12.1 Å². The number of fused-ring (bicyclic) bond motifs is 1. The van der Waals surface area contributed by atoms with Gasteiger partial charge in [-0.15, -0.1) is 0 Å². The standard InChI is InChI=1S/C22H23ClFN5O/c1-22(2)21-27-19(14-3-7-16(24)8-4-14)20(26-17-9-5-15(23)6-10-17)28(21)11-12-29(22)18(30)13-25/h3-10,26H,11-13,25H2,1-2H3. The molecule has 0 saturated heterocycles. The van der Waals surface area contributed by atoms with Crippen LogP contribution < -0.4 is 11.1 Å². The van der Waals surface area contributed by atoms with Crippen LogP contribution in [0.1, 0.15) is 19.7 Å². The molecular weight excluding hydrogens is 405 g/mol. The van der Waals surface area contributed by atoms with Gasteiger partial charge in [0.25, 0.3) is 0 Å². The quantitative estimate of drug-likeness (QED) is 0.656. The molecule has 0 aliphatic carbocycles. The number of rotatable bonds is 4. The first-order valence-corrected chi connectivity index (χ1v) is 10.1. The first-order chi connectivity index (χ1) is 14.3. The number of hydrogen-bond acceptors (Lipinski definition) is 4. The van der Waals surface area contributed by atoms with Gasteiger partial charge < -0.3 is 20.5 Å². The molecule has 156 valence electrons. The summed E-state index contributed by atoms with van der Waals surface area (Å²) in [5, 5.41) is 4.08. The first-order valence-electron chi connectivity index (χ1n) is 9.71. The third kappa shape index (κ3) is 3.55. The molecule has 0 unspecified atom stereocenters. The molecule has 3 N–H and O–H groups in total. The van der Waals surface area contributed by atoms with Crippen molar-refractivity contribution in [2.24, 2.45) is 5.73 Å². The molecule has 0 fully saturated rings. The average Bonchev–Trinajstić information content (AvgIpc) is 3.09. The topological polar surface area (TPSA) is 76.2 Å². The summed E-state index contributed by atoms with van der Waals surface area (Å²) >= 11 is 6.02. The molecule has 0 radical (unpaired) electrons. The minimum absolute atomic E-state index is 0.0508. The fourth-order valence-corrected chi connectivity index (χ4v) is 4.02. The van der Waals surface area contributed by atoms with Crippen LogP contribution in [0.3, 0.4) is 0 Å². The molecule has 30 heavy (non-hydrogen) atoms. The van der Waals surface area contributed by atoms with Gasteiger partial charge >= 0.3 is 0 Å². The van der Waals surface area contributed by atoms with Gasteiger partial charge in [0.2, 0.25) is 5.91 Å². The Bertz CT molecular complexity index is 1080. The van der Waals surface area contributed by atoms with E-state index in [4.69, 9.17) is 22.3 Å². The van der Waals surface area contributed by atoms with E-state index < -0.39 is 5.54 Å². The predicted octanol–water partition coefficient (Wildman–Crippen LogP) is 4.12. The molecule has 8 heteroatoms. The summed E-state index contributed by atoms with van der Waals surface area (Å²) in [7, 11) is 0. The van der Waals surface area contributed by atoms with Crippen LogP contribution in [0.15, 0.2) is 48.5 Å². The van der Waals surface area contributed by atoms with E-state index in [1.54, 1.807) is 29.2 Å². The van der Waals surface area contributed by atoms with Gasteiger partial charge in [0.15, 0.2) is 0 Å². The lowest BCUT2D eigenvalue weighted by atomic mass is 9.99. The van der Waals surface area contributed by atoms with Gasteiger partial charge in [-0.3, -0.25) is 4.79 Å². The van der Waals surface area contributed by atoms with Crippen molar-refractivity contribution in [1.82, 2.24) is 14.5 Å². The van der Waals surface area contributed by atoms with Gasteiger partial charge in [0.1, 0.15) is 23.2 Å². The molecule has 0 saturated carbocycles. The molecule has 3 aromatic rings. The minimum atomic E-state index is -0.649. The van der Waals surface area contributed by atoms with Gasteiger partial charge in [0, 0.05) is 29.4 Å². The summed E-state index contributed by atoms with van der Waals surface area (Å²) in [4.78, 5) is 19.1. The van der Waals surface area contributed by atoms with E-state index in [2.05, 4.69) is 9.88 Å². The number of nitrogens with one attached hydrogen (secondary N) is 1. The number of amides is 1. The lowest BCUT2D eigenvalue weighted by molar-refractivity contribution is -0.137. The Balaban J connectivity index is 1.85. The number of hydrogen-bond donors (Lipinski definition) is 2. The number of anilines is 2. The fourth-order valence-electron chi connectivity index (χ4n) is 3.89. The normalized spacial score (nSPS) is 15.0. The van der Waals surface area contributed by atoms with Crippen LogP contribution in [0.5, 0.6) is 0 Å². The smallest absolute Gasteiger partial charge is 0.237 e. The van der Waals surface area contributed by atoms with E-state index >= 15 is 0 Å². The van der Waals surface area contributed by atoms with Crippen LogP contribution in [-0.2, 0) is 16.9 Å². The van der Waals surface area contributed by atoms with Crippen molar-refractivity contribution < 1.29 is 9.18 Å². The molecule has 1 aliphatic heterocycles. The Morgan fingerprint density at radius 3 is 2.47 bits per heavy atom. The third-order valence-electron chi connectivity index (χ3n) is 5.44. The summed E-state index contributed by atoms with van der Waals surface area (Å²) in [5.74, 6) is 1.10. The molecule has 0 atom stereocenters. The molecule has 0 spiro atoms. The van der Waals surface area contributed by atoms with Crippen LogP contribution in [0.2, 0.25) is 5.02 Å². The third-order valence-corrected chi connectivity index (χ3v) is 5.69. The molecular formula is C22H23ClFN5O. The molecule has 1 aromatic heterocycles. The largest absolute Gasteiger partial charge is 0.340 e. The van der Waals surface area contributed by atoms with E-state index in [-0.39, 0.29) is 18.3 Å². The Morgan fingerprint density at radius 1 is 1.17 bits per heavy atom. The average molecular weight is 428 g/mol. The van der Waals surface area contributed by atoms with Gasteiger partial charge in [-0.1, -0.05) is 11.6 Å². The SMILES string of the molecule is CC1(C)c2nc(-c3ccc(F)cc3)c(Nc3ccc(Cl)cc3)n2CCN1C(=O)CN. The van der Waals surface area contributed by atoms with Crippen LogP contribution in [0.25, 0.3) is 11.3 Å². The van der Waals surface area contributed by atoms with E-state index in [0.29, 0.717) is 23.8 Å². The van der Waals surface area contributed by atoms with Crippen molar-refractivity contribution in [1.29, 1.82) is 0 Å². The van der Waals surface area contributed by atoms with Crippen LogP contribution in [0.4, 0.5) is 15.9 Å². The number of nitrogens with two attached hydrogens (primary N) is 1. The zero-order chi connectivity index (χ0) is 21.5. The summed E-state index contributed by atoms with van der Waals surface area (Å²) in [6.07, 6.45) is 0. The highest BCUT2D eigenvalue weighted by molar-refractivity contribution is 6.30. The Kier molecular flexibility index (Phi) is 5.26. The number of aromatic nitrogens is 2. The molecule has 2 heterocycles. The van der Waals surface area contributed by atoms with Crippen LogP contribution >= 0.6 is 11.6 Å². The Hall–Kier alpha value is -2.90. The summed E-state index contributed by atoms with van der Waals surface area (Å²) < 4.78 is 15.6. The summed E-state index contributed by atoms with van der Waals surface area (Å²) in [5.41, 5.74) is 7.29. The van der Waals surface area contributed by atoms with Crippen molar-refractivity contribution in [3.63, 3.8) is 0 Å². The Labute approximate surface area is 179 Å². The maximum Gasteiger partial charge on any atom is 0.237 e. The predicted molar refractivity (Wildman–Crippen MR) is 116 cm³/mol. The monoisotopic (exact) mass is 427 g/mol. The lowest BCUT2D eigenvalue weighted by Crippen LogP contribution is -2.53. The van der Waals surface area contributed by atoms with Gasteiger partial charge in [-0.25, -0.2) is 9.37 Å². The molecule has 1 aliphatic rings. The molecule has 2 aromatic carbocycles. The number of halogens is 2. The zero-order valence-corrected chi connectivity index (χ0v) is 17.6. The second-order valence-electron chi connectivity index (χ2n) is 7.73. The number of benzene rings is 2. The Morgan fingerprint density at radius 2 is 1.83 bits per heavy atom. The molecule has 4 rings (SSSR count). The fraction of sp³-hybridized carbons (Fsp3) is 0.273. The molecule has 1 amide bonds. The van der Waals surface area contributed by atoms with Crippen molar-refractivity contribution in [3.05, 3.63) is 65.2 Å². The highest BCUT2D eigenvalue weighted by Crippen LogP contribution is 2.39. The van der Waals surface area contributed by atoms with Crippen molar-refractivity contribution >= 4 is 29.0 Å². The second kappa shape index (κ2) is 7.74. The highest BCUT2D eigenvalue weighted by Gasteiger charge is 2.41. The van der Waals surface area contributed by atoms with E-state index in [9.17, 15) is 9.18 Å². The van der Waals surface area contributed by atoms with Gasteiger partial charge in [-0.2, -0.15) is 0 Å². The summed E-state index contributed by atoms with van der Waals surface area (Å²) in [6, 6.07) is 13.6. The maximum absolute atomic E-state index is 13.5. The van der Waals surface area contributed by atoms with E-state index in [0.717, 1.165) is 22.9 Å². The van der Waals surface area contributed by atoms with E-state index in [1.165, 1.54) is 12.1 Å². The highest BCUT2D eigenvalue weighted by atomic mass is 35.5. The minimum Gasteiger partial charge on any atom is -0.340 e. The van der Waals surface area contributed by atoms with Crippen molar-refractivity contribution in [3.8, 4) is 11.3 Å². The molecule has 0 bridgehead atoms. The summed E-state index contributed by atoms with van der Waals surface area (Å²) in [6.45, 7) is 4.95. The van der Waals surface area contributed by atoms with Crippen molar-refractivity contribution in [2.45, 2.75) is 25.9 Å². The van der Waals surface area contributed by atoms with E-state index in [1.807, 2.05) is 26.0 Å². The number of nitrogens with zero attached hydrogens (tertiary/aromatic N) is 3. The zero-order valence-electron chi connectivity index (χ0n) is 16.8. The number of imidazole rings is 1. The van der Waals surface area contributed by atoms with Gasteiger partial charge in [-0.05, 0) is 62.4 Å². The van der Waals surface area contributed by atoms with Crippen molar-refractivity contribution in [2.75, 3.05) is 18.4 Å². The molecule has 6 nitrogen and oxygen atoms in total. The van der Waals surface area contributed by atoms with Crippen LogP contribution in [0, 0.1) is 5.82 Å². The number of carbonyl (C=O) groups excluding carboxylic acids is 1. The first kappa shape index (κ1) is 20.4. The second-order valence-corrected chi connectivity index (χ2v) is 8.17. The van der Waals surface area contributed by atoms with Crippen LogP contribution in [-0.4, -0.2) is 33.4 Å². The number of carbonyl (C=O) groups is 1. The lowest BCUT2D eigenvalue weighted by Gasteiger charge is -2.42.